The predicted molar refractivity (Wildman–Crippen MR) is 135 cm³/mol. The van der Waals surface area contributed by atoms with E-state index < -0.39 is 6.10 Å². The Morgan fingerprint density at radius 3 is 2.32 bits per heavy atom. The van der Waals surface area contributed by atoms with Crippen molar-refractivity contribution in [3.63, 3.8) is 0 Å². The molecule has 0 saturated carbocycles. The number of aromatic amines is 1. The standard InChI is InChI=1S/C29H30N2O3/c1-18-10-21-15-29(16-22(21)11-19(18)2,14-20-6-4-3-5-7-20)30-17-27(33)25-12-23(32)13-26-24(25)8-9-28(34)31-26/h3-13,27,30,32-33H,14-17H2,1-2H3,(H,31,34)/t27-/m0/s1. The Balaban J connectivity index is 1.45. The third kappa shape index (κ3) is 4.37. The van der Waals surface area contributed by atoms with E-state index in [9.17, 15) is 15.0 Å². The molecule has 0 unspecified atom stereocenters. The van der Waals surface area contributed by atoms with E-state index in [1.165, 1.54) is 39.9 Å². The van der Waals surface area contributed by atoms with Crippen molar-refractivity contribution in [1.29, 1.82) is 0 Å². The van der Waals surface area contributed by atoms with Crippen LogP contribution in [0.5, 0.6) is 5.75 Å². The molecule has 1 aliphatic rings. The summed E-state index contributed by atoms with van der Waals surface area (Å²) in [5, 5.41) is 25.8. The number of rotatable bonds is 6. The van der Waals surface area contributed by atoms with Crippen LogP contribution < -0.4 is 10.9 Å². The van der Waals surface area contributed by atoms with Crippen molar-refractivity contribution < 1.29 is 10.2 Å². The molecule has 5 nitrogen and oxygen atoms in total. The Bertz CT molecular complexity index is 1380. The Morgan fingerprint density at radius 1 is 0.971 bits per heavy atom. The lowest BCUT2D eigenvalue weighted by Crippen LogP contribution is -2.49. The number of aromatic nitrogens is 1. The number of phenols is 1. The van der Waals surface area contributed by atoms with Gasteiger partial charge in [0.2, 0.25) is 5.56 Å². The number of β-amino-alcohol motifs (C(OH)–C–C–N with tert-alkyl or cyclic N) is 1. The van der Waals surface area contributed by atoms with Crippen molar-refractivity contribution >= 4 is 10.9 Å². The van der Waals surface area contributed by atoms with Crippen LogP contribution >= 0.6 is 0 Å². The third-order valence-electron chi connectivity index (χ3n) is 7.14. The first-order valence-corrected chi connectivity index (χ1v) is 11.7. The number of hydrogen-bond donors (Lipinski definition) is 4. The minimum Gasteiger partial charge on any atom is -0.508 e. The molecular weight excluding hydrogens is 424 g/mol. The zero-order chi connectivity index (χ0) is 23.9. The number of aliphatic hydroxyl groups excluding tert-OH is 1. The maximum absolute atomic E-state index is 11.7. The van der Waals surface area contributed by atoms with Crippen molar-refractivity contribution in [1.82, 2.24) is 10.3 Å². The van der Waals surface area contributed by atoms with E-state index in [4.69, 9.17) is 0 Å². The molecule has 34 heavy (non-hydrogen) atoms. The quantitative estimate of drug-likeness (QED) is 0.351. The van der Waals surface area contributed by atoms with E-state index in [0.717, 1.165) is 24.6 Å². The molecule has 4 N–H and O–H groups in total. The highest BCUT2D eigenvalue weighted by Gasteiger charge is 2.37. The molecule has 5 rings (SSSR count). The lowest BCUT2D eigenvalue weighted by Gasteiger charge is -2.32. The molecule has 1 atom stereocenters. The van der Waals surface area contributed by atoms with E-state index in [0.29, 0.717) is 17.6 Å². The normalized spacial score (nSPS) is 15.4. The maximum Gasteiger partial charge on any atom is 0.248 e. The van der Waals surface area contributed by atoms with Crippen molar-refractivity contribution in [3.8, 4) is 5.75 Å². The van der Waals surface area contributed by atoms with Gasteiger partial charge in [0, 0.05) is 29.6 Å². The minimum atomic E-state index is -0.847. The molecule has 0 bridgehead atoms. The number of phenolic OH excluding ortho intramolecular Hbond substituents is 1. The van der Waals surface area contributed by atoms with Gasteiger partial charge in [0.05, 0.1) is 11.6 Å². The Kier molecular flexibility index (Phi) is 5.76. The predicted octanol–water partition coefficient (Wildman–Crippen LogP) is 4.25. The second-order valence-corrected chi connectivity index (χ2v) is 9.72. The molecule has 0 spiro atoms. The fourth-order valence-corrected chi connectivity index (χ4v) is 5.34. The number of pyridine rings is 1. The average Bonchev–Trinajstić information content (AvgIpc) is 3.14. The fraction of sp³-hybridized carbons (Fsp3) is 0.276. The van der Waals surface area contributed by atoms with Gasteiger partial charge < -0.3 is 20.5 Å². The number of aliphatic hydroxyl groups is 1. The summed E-state index contributed by atoms with van der Waals surface area (Å²) in [5.41, 5.74) is 7.23. The summed E-state index contributed by atoms with van der Waals surface area (Å²) in [6.45, 7) is 4.64. The van der Waals surface area contributed by atoms with E-state index in [2.05, 4.69) is 60.5 Å². The van der Waals surface area contributed by atoms with E-state index in [1.807, 2.05) is 6.07 Å². The molecule has 1 aliphatic carbocycles. The van der Waals surface area contributed by atoms with Gasteiger partial charge in [0.15, 0.2) is 0 Å². The van der Waals surface area contributed by atoms with E-state index in [1.54, 1.807) is 12.1 Å². The summed E-state index contributed by atoms with van der Waals surface area (Å²) >= 11 is 0. The molecule has 1 heterocycles. The second-order valence-electron chi connectivity index (χ2n) is 9.72. The van der Waals surface area contributed by atoms with Crippen molar-refractivity contribution in [2.24, 2.45) is 0 Å². The monoisotopic (exact) mass is 454 g/mol. The van der Waals surface area contributed by atoms with E-state index in [-0.39, 0.29) is 16.8 Å². The number of H-pyrrole nitrogens is 1. The lowest BCUT2D eigenvalue weighted by molar-refractivity contribution is 0.157. The molecule has 1 aromatic heterocycles. The molecule has 0 amide bonds. The number of nitrogens with one attached hydrogen (secondary N) is 2. The van der Waals surface area contributed by atoms with Gasteiger partial charge in [-0.2, -0.15) is 0 Å². The van der Waals surface area contributed by atoms with Crippen LogP contribution in [0.15, 0.2) is 71.5 Å². The van der Waals surface area contributed by atoms with E-state index >= 15 is 0 Å². The van der Waals surface area contributed by atoms with Crippen molar-refractivity contribution in [2.45, 2.75) is 44.8 Å². The van der Waals surface area contributed by atoms with Crippen molar-refractivity contribution in [3.05, 3.63) is 110 Å². The number of fused-ring (bicyclic) bond motifs is 2. The highest BCUT2D eigenvalue weighted by molar-refractivity contribution is 5.84. The topological polar surface area (TPSA) is 85.3 Å². The van der Waals surface area contributed by atoms with Crippen LogP contribution in [0.2, 0.25) is 0 Å². The summed E-state index contributed by atoms with van der Waals surface area (Å²) in [7, 11) is 0. The van der Waals surface area contributed by atoms with Gasteiger partial charge in [0.1, 0.15) is 5.75 Å². The Labute approximate surface area is 199 Å². The first-order valence-electron chi connectivity index (χ1n) is 11.7. The van der Waals surface area contributed by atoms with Crippen LogP contribution in [0, 0.1) is 13.8 Å². The highest BCUT2D eigenvalue weighted by atomic mass is 16.3. The third-order valence-corrected chi connectivity index (χ3v) is 7.14. The number of benzene rings is 3. The van der Waals surface area contributed by atoms with Crippen LogP contribution in [-0.2, 0) is 19.3 Å². The van der Waals surface area contributed by atoms with Crippen LogP contribution in [0.1, 0.15) is 39.5 Å². The van der Waals surface area contributed by atoms with Gasteiger partial charge in [-0.1, -0.05) is 42.5 Å². The van der Waals surface area contributed by atoms with Gasteiger partial charge in [-0.3, -0.25) is 4.79 Å². The van der Waals surface area contributed by atoms with Gasteiger partial charge >= 0.3 is 0 Å². The van der Waals surface area contributed by atoms with Crippen LogP contribution in [0.25, 0.3) is 10.9 Å². The second kappa shape index (κ2) is 8.75. The molecule has 174 valence electrons. The molecule has 3 aromatic carbocycles. The van der Waals surface area contributed by atoms with Gasteiger partial charge in [0.25, 0.3) is 0 Å². The SMILES string of the molecule is Cc1cc2c(cc1C)CC(Cc1ccccc1)(NC[C@H](O)c1cc(O)cc3[nH]c(=O)ccc13)C2. The summed E-state index contributed by atoms with van der Waals surface area (Å²) in [6, 6.07) is 21.3. The van der Waals surface area contributed by atoms with Gasteiger partial charge in [-0.25, -0.2) is 0 Å². The number of aryl methyl sites for hydroxylation is 2. The lowest BCUT2D eigenvalue weighted by atomic mass is 9.87. The molecule has 0 radical (unpaired) electrons. The molecule has 0 fully saturated rings. The molecule has 0 aliphatic heterocycles. The minimum absolute atomic E-state index is 0.0154. The largest absolute Gasteiger partial charge is 0.508 e. The van der Waals surface area contributed by atoms with Gasteiger partial charge in [-0.05, 0) is 78.6 Å². The summed E-state index contributed by atoms with van der Waals surface area (Å²) in [6.07, 6.45) is 1.78. The number of hydrogen-bond acceptors (Lipinski definition) is 4. The Hall–Kier alpha value is -3.41. The van der Waals surface area contributed by atoms with Crippen molar-refractivity contribution in [2.75, 3.05) is 6.54 Å². The van der Waals surface area contributed by atoms with Gasteiger partial charge in [-0.15, -0.1) is 0 Å². The highest BCUT2D eigenvalue weighted by Crippen LogP contribution is 2.35. The summed E-state index contributed by atoms with van der Waals surface area (Å²) in [4.78, 5) is 14.5. The molecule has 0 saturated heterocycles. The smallest absolute Gasteiger partial charge is 0.248 e. The Morgan fingerprint density at radius 2 is 1.65 bits per heavy atom. The average molecular weight is 455 g/mol. The summed E-state index contributed by atoms with van der Waals surface area (Å²) < 4.78 is 0. The summed E-state index contributed by atoms with van der Waals surface area (Å²) in [5.74, 6) is 0.0154. The number of aromatic hydroxyl groups is 1. The zero-order valence-electron chi connectivity index (χ0n) is 19.6. The fourth-order valence-electron chi connectivity index (χ4n) is 5.34. The molecular formula is C29H30N2O3. The first kappa shape index (κ1) is 22.4. The zero-order valence-corrected chi connectivity index (χ0v) is 19.6. The van der Waals surface area contributed by atoms with Crippen LogP contribution in [0.3, 0.4) is 0 Å². The van der Waals surface area contributed by atoms with Crippen LogP contribution in [0.4, 0.5) is 0 Å². The molecule has 4 aromatic rings. The molecule has 5 heteroatoms. The van der Waals surface area contributed by atoms with Crippen LogP contribution in [-0.4, -0.2) is 27.3 Å². The maximum atomic E-state index is 11.7. The first-order chi connectivity index (χ1) is 16.3.